The lowest BCUT2D eigenvalue weighted by atomic mass is 10.2. The highest BCUT2D eigenvalue weighted by molar-refractivity contribution is 6.74. The summed E-state index contributed by atoms with van der Waals surface area (Å²) in [4.78, 5) is 11.2. The van der Waals surface area contributed by atoms with Crippen molar-refractivity contribution in [1.82, 2.24) is 0 Å². The van der Waals surface area contributed by atoms with Crippen molar-refractivity contribution in [1.29, 1.82) is 0 Å². The molecule has 0 atom stereocenters. The van der Waals surface area contributed by atoms with Gasteiger partial charge in [0.15, 0.2) is 8.32 Å². The first kappa shape index (κ1) is 16.4. The molecule has 0 spiro atoms. The fourth-order valence-electron chi connectivity index (χ4n) is 1.02. The molecule has 3 heteroatoms. The number of hydrogen-bond donors (Lipinski definition) is 0. The number of rotatable bonds is 5. The van der Waals surface area contributed by atoms with E-state index in [2.05, 4.69) is 45.7 Å². The molecule has 0 amide bonds. The van der Waals surface area contributed by atoms with Gasteiger partial charge in [0.25, 0.3) is 0 Å². The topological polar surface area (TPSA) is 26.3 Å². The number of ketones is 1. The van der Waals surface area contributed by atoms with E-state index in [1.54, 1.807) is 0 Å². The van der Waals surface area contributed by atoms with Gasteiger partial charge in [0.05, 0.1) is 0 Å². The van der Waals surface area contributed by atoms with Gasteiger partial charge >= 0.3 is 0 Å². The first-order chi connectivity index (χ1) is 7.70. The van der Waals surface area contributed by atoms with Crippen molar-refractivity contribution >= 4 is 14.1 Å². The summed E-state index contributed by atoms with van der Waals surface area (Å²) in [6.45, 7) is 13.7. The zero-order valence-corrected chi connectivity index (χ0v) is 13.1. The highest BCUT2D eigenvalue weighted by atomic mass is 28.4. The lowest BCUT2D eigenvalue weighted by molar-refractivity contribution is -0.113. The first-order valence-corrected chi connectivity index (χ1v) is 9.27. The lowest BCUT2D eigenvalue weighted by Gasteiger charge is -2.35. The maximum absolute atomic E-state index is 11.2. The molecular formula is C14H26O2Si. The second-order valence-corrected chi connectivity index (χ2v) is 10.6. The van der Waals surface area contributed by atoms with Crippen molar-refractivity contribution in [2.45, 2.75) is 65.1 Å². The van der Waals surface area contributed by atoms with Crippen molar-refractivity contribution in [3.8, 4) is 11.8 Å². The van der Waals surface area contributed by atoms with E-state index in [1.165, 1.54) is 0 Å². The molecule has 0 saturated carbocycles. The van der Waals surface area contributed by atoms with Gasteiger partial charge in [-0.3, -0.25) is 4.79 Å². The zero-order chi connectivity index (χ0) is 13.5. The van der Waals surface area contributed by atoms with Crippen LogP contribution in [0.2, 0.25) is 18.1 Å². The molecule has 0 fully saturated rings. The predicted octanol–water partition coefficient (Wildman–Crippen LogP) is 3.77. The van der Waals surface area contributed by atoms with Crippen LogP contribution in [0, 0.1) is 11.8 Å². The summed E-state index contributed by atoms with van der Waals surface area (Å²) < 4.78 is 5.96. The Morgan fingerprint density at radius 3 is 2.35 bits per heavy atom. The van der Waals surface area contributed by atoms with Crippen molar-refractivity contribution in [2.24, 2.45) is 0 Å². The van der Waals surface area contributed by atoms with Gasteiger partial charge in [-0.05, 0) is 30.5 Å². The quantitative estimate of drug-likeness (QED) is 0.323. The molecule has 98 valence electrons. The second kappa shape index (κ2) is 6.98. The Morgan fingerprint density at radius 2 is 1.88 bits per heavy atom. The monoisotopic (exact) mass is 254 g/mol. The average molecular weight is 254 g/mol. The van der Waals surface area contributed by atoms with Crippen molar-refractivity contribution in [3.63, 3.8) is 0 Å². The van der Waals surface area contributed by atoms with E-state index < -0.39 is 8.32 Å². The molecular weight excluding hydrogens is 228 g/mol. The third kappa shape index (κ3) is 6.65. The molecule has 2 nitrogen and oxygen atoms in total. The first-order valence-electron chi connectivity index (χ1n) is 6.36. The van der Waals surface area contributed by atoms with E-state index in [0.29, 0.717) is 19.4 Å². The molecule has 0 rings (SSSR count). The summed E-state index contributed by atoms with van der Waals surface area (Å²) in [5, 5.41) is 0.235. The molecule has 0 aliphatic rings. The summed E-state index contributed by atoms with van der Waals surface area (Å²) in [6.07, 6.45) is 2.09. The fourth-order valence-corrected chi connectivity index (χ4v) is 2.07. The van der Waals surface area contributed by atoms with Crippen LogP contribution in [0.25, 0.3) is 0 Å². The maximum atomic E-state index is 11.2. The van der Waals surface area contributed by atoms with Gasteiger partial charge in [-0.15, -0.1) is 0 Å². The summed E-state index contributed by atoms with van der Waals surface area (Å²) >= 11 is 0. The van der Waals surface area contributed by atoms with E-state index in [-0.39, 0.29) is 10.8 Å². The Kier molecular flexibility index (Phi) is 6.73. The third-order valence-corrected chi connectivity index (χ3v) is 7.74. The minimum atomic E-state index is -1.65. The molecule has 0 unspecified atom stereocenters. The SMILES string of the molecule is CCCC(=O)C#CCCO[Si](C)(C)C(C)(C)C. The number of Topliss-reactive ketones (excluding diaryl/α,β-unsaturated/α-hetero) is 1. The molecule has 0 aromatic rings. The number of hydrogen-bond acceptors (Lipinski definition) is 2. The van der Waals surface area contributed by atoms with Crippen LogP contribution in [0.15, 0.2) is 0 Å². The average Bonchev–Trinajstić information content (AvgIpc) is 2.15. The standard InChI is InChI=1S/C14H26O2Si/c1-7-10-13(15)11-8-9-12-16-17(5,6)14(2,3)4/h7,9-10,12H2,1-6H3. The molecule has 0 aromatic carbocycles. The van der Waals surface area contributed by atoms with E-state index >= 15 is 0 Å². The van der Waals surface area contributed by atoms with Crippen LogP contribution < -0.4 is 0 Å². The molecule has 0 heterocycles. The summed E-state index contributed by atoms with van der Waals surface area (Å²) in [6, 6.07) is 0. The summed E-state index contributed by atoms with van der Waals surface area (Å²) in [7, 11) is -1.65. The van der Waals surface area contributed by atoms with E-state index in [0.717, 1.165) is 6.42 Å². The van der Waals surface area contributed by atoms with E-state index in [9.17, 15) is 4.79 Å². The van der Waals surface area contributed by atoms with Gasteiger partial charge in [-0.2, -0.15) is 0 Å². The normalized spacial score (nSPS) is 11.9. The minimum absolute atomic E-state index is 0.0415. The van der Waals surface area contributed by atoms with Gasteiger partial charge in [0, 0.05) is 19.4 Å². The van der Waals surface area contributed by atoms with Crippen LogP contribution in [0.3, 0.4) is 0 Å². The highest BCUT2D eigenvalue weighted by Crippen LogP contribution is 2.36. The molecule has 17 heavy (non-hydrogen) atoms. The van der Waals surface area contributed by atoms with Gasteiger partial charge in [-0.25, -0.2) is 0 Å². The summed E-state index contributed by atoms with van der Waals surface area (Å²) in [5.41, 5.74) is 0. The van der Waals surface area contributed by atoms with Crippen LogP contribution in [-0.2, 0) is 9.22 Å². The minimum Gasteiger partial charge on any atom is -0.416 e. The van der Waals surface area contributed by atoms with Gasteiger partial charge in [0.2, 0.25) is 5.78 Å². The highest BCUT2D eigenvalue weighted by Gasteiger charge is 2.36. The number of carbonyl (C=O) groups is 1. The molecule has 0 aliphatic heterocycles. The Bertz CT molecular complexity index is 302. The van der Waals surface area contributed by atoms with E-state index in [4.69, 9.17) is 4.43 Å². The van der Waals surface area contributed by atoms with Gasteiger partial charge < -0.3 is 4.43 Å². The van der Waals surface area contributed by atoms with Crippen LogP contribution in [-0.4, -0.2) is 20.7 Å². The molecule has 0 saturated heterocycles. The van der Waals surface area contributed by atoms with Gasteiger partial charge in [-0.1, -0.05) is 33.6 Å². The van der Waals surface area contributed by atoms with Crippen molar-refractivity contribution in [2.75, 3.05) is 6.61 Å². The molecule has 0 N–H and O–H groups in total. The second-order valence-electron chi connectivity index (χ2n) is 5.83. The Hall–Kier alpha value is -0.593. The van der Waals surface area contributed by atoms with Crippen LogP contribution in [0.5, 0.6) is 0 Å². The molecule has 0 radical (unpaired) electrons. The summed E-state index contributed by atoms with van der Waals surface area (Å²) in [5.74, 6) is 5.59. The van der Waals surface area contributed by atoms with E-state index in [1.807, 2.05) is 6.92 Å². The van der Waals surface area contributed by atoms with Crippen LogP contribution in [0.1, 0.15) is 47.0 Å². The van der Waals surface area contributed by atoms with Crippen molar-refractivity contribution in [3.05, 3.63) is 0 Å². The smallest absolute Gasteiger partial charge is 0.205 e. The molecule has 0 aliphatic carbocycles. The Balaban J connectivity index is 3.97. The predicted molar refractivity (Wildman–Crippen MR) is 75.5 cm³/mol. The van der Waals surface area contributed by atoms with Crippen molar-refractivity contribution < 1.29 is 9.22 Å². The lowest BCUT2D eigenvalue weighted by Crippen LogP contribution is -2.40. The Morgan fingerprint density at radius 1 is 1.29 bits per heavy atom. The number of carbonyl (C=O) groups excluding carboxylic acids is 1. The largest absolute Gasteiger partial charge is 0.416 e. The van der Waals surface area contributed by atoms with Crippen LogP contribution >= 0.6 is 0 Å². The molecule has 0 aromatic heterocycles. The van der Waals surface area contributed by atoms with Crippen LogP contribution in [0.4, 0.5) is 0 Å². The molecule has 0 bridgehead atoms. The third-order valence-electron chi connectivity index (χ3n) is 3.20. The maximum Gasteiger partial charge on any atom is 0.205 e. The zero-order valence-electron chi connectivity index (χ0n) is 12.1. The van der Waals surface area contributed by atoms with Gasteiger partial charge in [0.1, 0.15) is 0 Å². The Labute approximate surface area is 107 Å². The fraction of sp³-hybridized carbons (Fsp3) is 0.786.